The third-order valence-electron chi connectivity index (χ3n) is 5.15. The van der Waals surface area contributed by atoms with Crippen LogP contribution in [-0.2, 0) is 0 Å². The highest BCUT2D eigenvalue weighted by Gasteiger charge is 2.29. The van der Waals surface area contributed by atoms with E-state index in [0.29, 0.717) is 12.0 Å². The Morgan fingerprint density at radius 1 is 1.12 bits per heavy atom. The second kappa shape index (κ2) is 8.35. The molecule has 1 saturated heterocycles. The number of amides is 1. The first-order chi connectivity index (χ1) is 11.3. The number of nitrogens with zero attached hydrogens (tertiary/aromatic N) is 2. The summed E-state index contributed by atoms with van der Waals surface area (Å²) in [4.78, 5) is 19.9. The van der Waals surface area contributed by atoms with Gasteiger partial charge in [0.05, 0.1) is 11.1 Å². The Kier molecular flexibility index (Phi) is 6.66. The maximum atomic E-state index is 13.1. The number of piperidine rings is 1. The van der Waals surface area contributed by atoms with Crippen molar-refractivity contribution in [1.29, 1.82) is 0 Å². The number of halogens is 2. The SMILES string of the molecule is CNC1CCN(C(=O)c2cc(C3CC3)nc3ccccc23)CC1.Cl.Cl. The lowest BCUT2D eigenvalue weighted by molar-refractivity contribution is 0.0709. The highest BCUT2D eigenvalue weighted by molar-refractivity contribution is 6.06. The summed E-state index contributed by atoms with van der Waals surface area (Å²) in [6.07, 6.45) is 4.46. The van der Waals surface area contributed by atoms with Gasteiger partial charge in [-0.15, -0.1) is 24.8 Å². The van der Waals surface area contributed by atoms with Gasteiger partial charge in [-0.3, -0.25) is 9.78 Å². The summed E-state index contributed by atoms with van der Waals surface area (Å²) in [6, 6.07) is 10.6. The number of nitrogens with one attached hydrogen (secondary N) is 1. The van der Waals surface area contributed by atoms with E-state index in [9.17, 15) is 4.79 Å². The van der Waals surface area contributed by atoms with Crippen LogP contribution in [0.4, 0.5) is 0 Å². The molecular weight excluding hydrogens is 357 g/mol. The molecular formula is C19H25Cl2N3O. The van der Waals surface area contributed by atoms with Crippen molar-refractivity contribution in [2.45, 2.75) is 37.6 Å². The maximum absolute atomic E-state index is 13.1. The van der Waals surface area contributed by atoms with Crippen LogP contribution in [0.25, 0.3) is 10.9 Å². The molecule has 0 unspecified atom stereocenters. The fourth-order valence-electron chi connectivity index (χ4n) is 3.50. The van der Waals surface area contributed by atoms with Crippen molar-refractivity contribution in [3.05, 3.63) is 41.6 Å². The quantitative estimate of drug-likeness (QED) is 0.879. The average molecular weight is 382 g/mol. The Hall–Kier alpha value is -1.36. The number of pyridine rings is 1. The van der Waals surface area contributed by atoms with E-state index in [0.717, 1.165) is 48.1 Å². The zero-order chi connectivity index (χ0) is 15.8. The highest BCUT2D eigenvalue weighted by Crippen LogP contribution is 2.40. The lowest BCUT2D eigenvalue weighted by Crippen LogP contribution is -2.44. The Bertz CT molecular complexity index is 741. The molecule has 4 nitrogen and oxygen atoms in total. The molecule has 0 spiro atoms. The fraction of sp³-hybridized carbons (Fsp3) is 0.474. The number of para-hydroxylation sites is 1. The minimum Gasteiger partial charge on any atom is -0.339 e. The summed E-state index contributed by atoms with van der Waals surface area (Å²) in [5.74, 6) is 0.723. The van der Waals surface area contributed by atoms with E-state index in [2.05, 4.69) is 5.32 Å². The summed E-state index contributed by atoms with van der Waals surface area (Å²) in [6.45, 7) is 1.67. The Balaban J connectivity index is 0.00000113. The minimum absolute atomic E-state index is 0. The van der Waals surface area contributed by atoms with E-state index < -0.39 is 0 Å². The molecule has 1 N–H and O–H groups in total. The van der Waals surface area contributed by atoms with Crippen LogP contribution in [0, 0.1) is 0 Å². The standard InChI is InChI=1S/C19H23N3O.2ClH/c1-20-14-8-10-22(11-9-14)19(23)16-12-18(13-6-7-13)21-17-5-3-2-4-15(16)17;;/h2-5,12-14,20H,6-11H2,1H3;2*1H. The number of fused-ring (bicyclic) bond motifs is 1. The van der Waals surface area contributed by atoms with Gasteiger partial charge in [0.15, 0.2) is 0 Å². The molecule has 2 fully saturated rings. The molecule has 1 aromatic carbocycles. The molecule has 1 amide bonds. The molecule has 2 aliphatic rings. The van der Waals surface area contributed by atoms with Crippen LogP contribution in [0.2, 0.25) is 0 Å². The summed E-state index contributed by atoms with van der Waals surface area (Å²) >= 11 is 0. The molecule has 0 radical (unpaired) electrons. The molecule has 0 bridgehead atoms. The normalized spacial score (nSPS) is 17.7. The Morgan fingerprint density at radius 3 is 2.44 bits per heavy atom. The first-order valence-electron chi connectivity index (χ1n) is 8.62. The van der Waals surface area contributed by atoms with Gasteiger partial charge in [-0.05, 0) is 44.9 Å². The van der Waals surface area contributed by atoms with Crippen molar-refractivity contribution in [1.82, 2.24) is 15.2 Å². The molecule has 4 rings (SSSR count). The van der Waals surface area contributed by atoms with Crippen molar-refractivity contribution in [2.75, 3.05) is 20.1 Å². The number of hydrogen-bond acceptors (Lipinski definition) is 3. The first kappa shape index (κ1) is 20.0. The lowest BCUT2D eigenvalue weighted by Gasteiger charge is -2.32. The molecule has 136 valence electrons. The zero-order valence-corrected chi connectivity index (χ0v) is 16.0. The third kappa shape index (κ3) is 4.08. The van der Waals surface area contributed by atoms with Gasteiger partial charge in [0.25, 0.3) is 5.91 Å². The van der Waals surface area contributed by atoms with E-state index >= 15 is 0 Å². The summed E-state index contributed by atoms with van der Waals surface area (Å²) in [5, 5.41) is 4.30. The molecule has 6 heteroatoms. The van der Waals surface area contributed by atoms with Gasteiger partial charge in [0, 0.05) is 36.1 Å². The van der Waals surface area contributed by atoms with Gasteiger partial charge < -0.3 is 10.2 Å². The van der Waals surface area contributed by atoms with Gasteiger partial charge in [-0.25, -0.2) is 0 Å². The molecule has 1 aromatic heterocycles. The number of likely N-dealkylation sites (tertiary alicyclic amines) is 1. The third-order valence-corrected chi connectivity index (χ3v) is 5.15. The first-order valence-corrected chi connectivity index (χ1v) is 8.62. The van der Waals surface area contributed by atoms with Crippen molar-refractivity contribution in [3.8, 4) is 0 Å². The average Bonchev–Trinajstić information content (AvgIpc) is 3.45. The molecule has 0 atom stereocenters. The van der Waals surface area contributed by atoms with Crippen molar-refractivity contribution in [2.24, 2.45) is 0 Å². The van der Waals surface area contributed by atoms with Crippen molar-refractivity contribution in [3.63, 3.8) is 0 Å². The van der Waals surface area contributed by atoms with E-state index in [1.54, 1.807) is 0 Å². The largest absolute Gasteiger partial charge is 0.339 e. The second-order valence-corrected chi connectivity index (χ2v) is 6.74. The van der Waals surface area contributed by atoms with Crippen molar-refractivity contribution >= 4 is 41.6 Å². The van der Waals surface area contributed by atoms with Crippen LogP contribution >= 0.6 is 24.8 Å². The van der Waals surface area contributed by atoms with Gasteiger partial charge in [-0.1, -0.05) is 18.2 Å². The van der Waals surface area contributed by atoms with Crippen LogP contribution in [-0.4, -0.2) is 42.0 Å². The topological polar surface area (TPSA) is 45.2 Å². The zero-order valence-electron chi connectivity index (χ0n) is 14.4. The number of hydrogen-bond donors (Lipinski definition) is 1. The van der Waals surface area contributed by atoms with Gasteiger partial charge in [0.1, 0.15) is 0 Å². The highest BCUT2D eigenvalue weighted by atomic mass is 35.5. The predicted molar refractivity (Wildman–Crippen MR) is 106 cm³/mol. The number of benzene rings is 1. The van der Waals surface area contributed by atoms with Crippen LogP contribution in [0.15, 0.2) is 30.3 Å². The van der Waals surface area contributed by atoms with Crippen molar-refractivity contribution < 1.29 is 4.79 Å². The molecule has 1 saturated carbocycles. The fourth-order valence-corrected chi connectivity index (χ4v) is 3.50. The molecule has 25 heavy (non-hydrogen) atoms. The molecule has 1 aliphatic carbocycles. The Labute approximate surface area is 161 Å². The van der Waals surface area contributed by atoms with E-state index in [4.69, 9.17) is 4.98 Å². The summed E-state index contributed by atoms with van der Waals surface area (Å²) in [7, 11) is 2.00. The second-order valence-electron chi connectivity index (χ2n) is 6.74. The number of aromatic nitrogens is 1. The Morgan fingerprint density at radius 2 is 1.80 bits per heavy atom. The smallest absolute Gasteiger partial charge is 0.254 e. The summed E-state index contributed by atoms with van der Waals surface area (Å²) < 4.78 is 0. The molecule has 2 heterocycles. The van der Waals surface area contributed by atoms with Gasteiger partial charge >= 0.3 is 0 Å². The molecule has 1 aliphatic heterocycles. The summed E-state index contributed by atoms with van der Waals surface area (Å²) in [5.41, 5.74) is 2.88. The number of carbonyl (C=O) groups excluding carboxylic acids is 1. The number of carbonyl (C=O) groups is 1. The molecule has 2 aromatic rings. The van der Waals surface area contributed by atoms with Gasteiger partial charge in [0.2, 0.25) is 0 Å². The van der Waals surface area contributed by atoms with E-state index in [1.165, 1.54) is 12.8 Å². The van der Waals surface area contributed by atoms with Crippen LogP contribution in [0.5, 0.6) is 0 Å². The monoisotopic (exact) mass is 381 g/mol. The predicted octanol–water partition coefficient (Wildman–Crippen LogP) is 3.78. The van der Waals surface area contributed by atoms with Crippen LogP contribution < -0.4 is 5.32 Å². The van der Waals surface area contributed by atoms with E-state index in [-0.39, 0.29) is 30.7 Å². The lowest BCUT2D eigenvalue weighted by atomic mass is 10.0. The van der Waals surface area contributed by atoms with E-state index in [1.807, 2.05) is 42.3 Å². The van der Waals surface area contributed by atoms with Crippen LogP contribution in [0.1, 0.15) is 47.7 Å². The van der Waals surface area contributed by atoms with Crippen LogP contribution in [0.3, 0.4) is 0 Å². The number of rotatable bonds is 3. The van der Waals surface area contributed by atoms with Gasteiger partial charge in [-0.2, -0.15) is 0 Å². The minimum atomic E-state index is 0. The maximum Gasteiger partial charge on any atom is 0.254 e.